The van der Waals surface area contributed by atoms with Gasteiger partial charge >= 0.3 is 0 Å². The smallest absolute Gasteiger partial charge is 0.159 e. The van der Waals surface area contributed by atoms with Gasteiger partial charge in [-0.15, -0.1) is 0 Å². The molecule has 0 atom stereocenters. The molecule has 2 nitrogen and oxygen atoms in total. The fourth-order valence-corrected chi connectivity index (χ4v) is 1.51. The summed E-state index contributed by atoms with van der Waals surface area (Å²) >= 11 is 2.15. The number of rotatable bonds is 2. The molecule has 0 saturated carbocycles. The molecule has 70 valence electrons. The van der Waals surface area contributed by atoms with E-state index in [2.05, 4.69) is 27.6 Å². The van der Waals surface area contributed by atoms with Crippen LogP contribution in [0.5, 0.6) is 11.5 Å². The molecule has 1 aromatic carbocycles. The summed E-state index contributed by atoms with van der Waals surface area (Å²) in [5, 5.41) is 0. The zero-order chi connectivity index (χ0) is 9.80. The molecule has 0 bridgehead atoms. The Morgan fingerprint density at radius 3 is 2.50 bits per heavy atom. The molecule has 2 rings (SSSR count). The molecule has 0 aliphatic rings. The maximum absolute atomic E-state index is 5.64. The van der Waals surface area contributed by atoms with E-state index in [4.69, 9.17) is 4.74 Å². The number of hydrogen-bond acceptors (Lipinski definition) is 2. The van der Waals surface area contributed by atoms with Crippen molar-refractivity contribution >= 4 is 22.6 Å². The van der Waals surface area contributed by atoms with Crippen LogP contribution in [0.3, 0.4) is 0 Å². The Morgan fingerprint density at radius 1 is 1.00 bits per heavy atom. The first kappa shape index (κ1) is 9.45. The highest BCUT2D eigenvalue weighted by Crippen LogP contribution is 2.24. The van der Waals surface area contributed by atoms with E-state index in [1.807, 2.05) is 42.5 Å². The van der Waals surface area contributed by atoms with E-state index in [0.29, 0.717) is 0 Å². The van der Waals surface area contributed by atoms with Crippen molar-refractivity contribution in [1.82, 2.24) is 4.98 Å². The summed E-state index contributed by atoms with van der Waals surface area (Å²) in [6.45, 7) is 0. The van der Waals surface area contributed by atoms with Gasteiger partial charge in [0, 0.05) is 6.20 Å². The highest BCUT2D eigenvalue weighted by molar-refractivity contribution is 14.1. The average molecular weight is 297 g/mol. The van der Waals surface area contributed by atoms with Crippen molar-refractivity contribution in [3.63, 3.8) is 0 Å². The molecule has 0 saturated heterocycles. The van der Waals surface area contributed by atoms with Crippen molar-refractivity contribution in [3.8, 4) is 11.5 Å². The van der Waals surface area contributed by atoms with Gasteiger partial charge in [0.1, 0.15) is 9.45 Å². The molecule has 0 amide bonds. The summed E-state index contributed by atoms with van der Waals surface area (Å²) in [5.41, 5.74) is 0. The predicted octanol–water partition coefficient (Wildman–Crippen LogP) is 3.48. The van der Waals surface area contributed by atoms with Crippen LogP contribution in [0.4, 0.5) is 0 Å². The topological polar surface area (TPSA) is 22.1 Å². The third-order valence-corrected chi connectivity index (χ3v) is 2.51. The minimum absolute atomic E-state index is 0.791. The van der Waals surface area contributed by atoms with Gasteiger partial charge in [-0.05, 0) is 46.9 Å². The Hall–Kier alpha value is -1.10. The average Bonchev–Trinajstić information content (AvgIpc) is 2.23. The predicted molar refractivity (Wildman–Crippen MR) is 63.5 cm³/mol. The highest BCUT2D eigenvalue weighted by atomic mass is 127. The SMILES string of the molecule is Ic1ncccc1Oc1ccccc1. The molecular formula is C11H8INO. The van der Waals surface area contributed by atoms with Gasteiger partial charge in [-0.3, -0.25) is 0 Å². The third-order valence-electron chi connectivity index (χ3n) is 1.70. The molecule has 0 radical (unpaired) electrons. The zero-order valence-electron chi connectivity index (χ0n) is 7.35. The molecule has 0 aliphatic heterocycles. The fourth-order valence-electron chi connectivity index (χ4n) is 1.06. The zero-order valence-corrected chi connectivity index (χ0v) is 9.51. The lowest BCUT2D eigenvalue weighted by molar-refractivity contribution is 0.476. The van der Waals surface area contributed by atoms with Gasteiger partial charge in [-0.2, -0.15) is 0 Å². The molecule has 0 fully saturated rings. The minimum atomic E-state index is 0.791. The number of aromatic nitrogens is 1. The van der Waals surface area contributed by atoms with Gasteiger partial charge in [0.15, 0.2) is 5.75 Å². The molecular weight excluding hydrogens is 289 g/mol. The van der Waals surface area contributed by atoms with Crippen LogP contribution in [0, 0.1) is 3.70 Å². The fraction of sp³-hybridized carbons (Fsp3) is 0. The lowest BCUT2D eigenvalue weighted by Crippen LogP contribution is -1.88. The van der Waals surface area contributed by atoms with Crippen LogP contribution in [0.2, 0.25) is 0 Å². The van der Waals surface area contributed by atoms with Crippen molar-refractivity contribution in [3.05, 3.63) is 52.4 Å². The summed E-state index contributed by atoms with van der Waals surface area (Å²) in [6, 6.07) is 13.5. The van der Waals surface area contributed by atoms with Gasteiger partial charge in [-0.25, -0.2) is 4.98 Å². The van der Waals surface area contributed by atoms with Gasteiger partial charge in [0.05, 0.1) is 0 Å². The maximum atomic E-state index is 5.64. The van der Waals surface area contributed by atoms with E-state index in [1.54, 1.807) is 6.20 Å². The van der Waals surface area contributed by atoms with Crippen molar-refractivity contribution < 1.29 is 4.74 Å². The lowest BCUT2D eigenvalue weighted by Gasteiger charge is -2.05. The van der Waals surface area contributed by atoms with E-state index in [9.17, 15) is 0 Å². The number of para-hydroxylation sites is 1. The Bertz CT molecular complexity index is 417. The molecule has 2 aromatic rings. The van der Waals surface area contributed by atoms with Crippen LogP contribution in [0.25, 0.3) is 0 Å². The van der Waals surface area contributed by atoms with Gasteiger partial charge in [0.2, 0.25) is 0 Å². The standard InChI is InChI=1S/C11H8INO/c12-11-10(7-4-8-13-11)14-9-5-2-1-3-6-9/h1-8H. The minimum Gasteiger partial charge on any atom is -0.455 e. The van der Waals surface area contributed by atoms with Crippen LogP contribution in [-0.4, -0.2) is 4.98 Å². The lowest BCUT2D eigenvalue weighted by atomic mass is 10.3. The molecule has 1 heterocycles. The summed E-state index contributed by atoms with van der Waals surface area (Å²) in [4.78, 5) is 4.14. The summed E-state index contributed by atoms with van der Waals surface area (Å²) in [7, 11) is 0. The molecule has 0 aliphatic carbocycles. The Kier molecular flexibility index (Phi) is 2.98. The molecule has 1 aromatic heterocycles. The van der Waals surface area contributed by atoms with Crippen LogP contribution >= 0.6 is 22.6 Å². The third kappa shape index (κ3) is 2.23. The first-order chi connectivity index (χ1) is 6.86. The van der Waals surface area contributed by atoms with Crippen LogP contribution < -0.4 is 4.74 Å². The highest BCUT2D eigenvalue weighted by Gasteiger charge is 2.00. The molecule has 0 N–H and O–H groups in total. The van der Waals surface area contributed by atoms with Gasteiger partial charge in [-0.1, -0.05) is 18.2 Å². The summed E-state index contributed by atoms with van der Waals surface area (Å²) in [5.74, 6) is 1.62. The van der Waals surface area contributed by atoms with E-state index in [0.717, 1.165) is 15.2 Å². The summed E-state index contributed by atoms with van der Waals surface area (Å²) in [6.07, 6.45) is 1.75. The monoisotopic (exact) mass is 297 g/mol. The van der Waals surface area contributed by atoms with E-state index in [-0.39, 0.29) is 0 Å². The second-order valence-corrected chi connectivity index (χ2v) is 3.73. The largest absolute Gasteiger partial charge is 0.455 e. The Balaban J connectivity index is 2.24. The summed E-state index contributed by atoms with van der Waals surface area (Å²) < 4.78 is 6.51. The number of halogens is 1. The number of benzene rings is 1. The number of nitrogens with zero attached hydrogens (tertiary/aromatic N) is 1. The van der Waals surface area contributed by atoms with Crippen LogP contribution in [-0.2, 0) is 0 Å². The van der Waals surface area contributed by atoms with Crippen molar-refractivity contribution in [2.24, 2.45) is 0 Å². The van der Waals surface area contributed by atoms with Crippen molar-refractivity contribution in [2.45, 2.75) is 0 Å². The van der Waals surface area contributed by atoms with Gasteiger partial charge in [0.25, 0.3) is 0 Å². The van der Waals surface area contributed by atoms with Crippen molar-refractivity contribution in [2.75, 3.05) is 0 Å². The number of hydrogen-bond donors (Lipinski definition) is 0. The van der Waals surface area contributed by atoms with Crippen molar-refractivity contribution in [1.29, 1.82) is 0 Å². The Morgan fingerprint density at radius 2 is 1.79 bits per heavy atom. The number of pyridine rings is 1. The quantitative estimate of drug-likeness (QED) is 0.625. The van der Waals surface area contributed by atoms with Crippen LogP contribution in [0.1, 0.15) is 0 Å². The van der Waals surface area contributed by atoms with E-state index < -0.39 is 0 Å². The first-order valence-electron chi connectivity index (χ1n) is 4.20. The number of ether oxygens (including phenoxy) is 1. The second-order valence-electron chi connectivity index (χ2n) is 2.71. The Labute approximate surface area is 96.1 Å². The molecule has 14 heavy (non-hydrogen) atoms. The van der Waals surface area contributed by atoms with E-state index >= 15 is 0 Å². The molecule has 0 unspecified atom stereocenters. The second kappa shape index (κ2) is 4.41. The molecule has 3 heteroatoms. The van der Waals surface area contributed by atoms with Crippen LogP contribution in [0.15, 0.2) is 48.7 Å². The van der Waals surface area contributed by atoms with E-state index in [1.165, 1.54) is 0 Å². The first-order valence-corrected chi connectivity index (χ1v) is 5.27. The normalized spacial score (nSPS) is 9.79. The maximum Gasteiger partial charge on any atom is 0.159 e. The van der Waals surface area contributed by atoms with Gasteiger partial charge < -0.3 is 4.74 Å². The molecule has 0 spiro atoms.